The highest BCUT2D eigenvalue weighted by atomic mass is 32.1. The smallest absolute Gasteiger partial charge is 0.407 e. The maximum Gasteiger partial charge on any atom is 0.410 e. The number of amides is 3. The van der Waals surface area contributed by atoms with Crippen LogP contribution < -0.4 is 21.5 Å². The molecule has 10 heteroatoms. The molecule has 0 radical (unpaired) electrons. The Labute approximate surface area is 172 Å². The van der Waals surface area contributed by atoms with Gasteiger partial charge in [-0.15, -0.1) is 11.3 Å². The fourth-order valence-electron chi connectivity index (χ4n) is 3.14. The van der Waals surface area contributed by atoms with Gasteiger partial charge in [0.25, 0.3) is 0 Å². The van der Waals surface area contributed by atoms with Crippen LogP contribution in [0.15, 0.2) is 30.3 Å². The largest absolute Gasteiger partial charge is 0.410 e. The summed E-state index contributed by atoms with van der Waals surface area (Å²) in [4.78, 5) is 25.4. The van der Waals surface area contributed by atoms with Crippen LogP contribution >= 0.6 is 11.3 Å². The van der Waals surface area contributed by atoms with E-state index in [1.807, 2.05) is 24.3 Å². The van der Waals surface area contributed by atoms with Gasteiger partial charge in [-0.05, 0) is 11.1 Å². The summed E-state index contributed by atoms with van der Waals surface area (Å²) in [7, 11) is 1.68. The van der Waals surface area contributed by atoms with Crippen LogP contribution in [-0.4, -0.2) is 56.5 Å². The number of carbonyl (C=O) groups excluding carboxylic acids is 2. The lowest BCUT2D eigenvalue weighted by molar-refractivity contribution is -0.0631. The number of thiophene rings is 1. The van der Waals surface area contributed by atoms with Crippen LogP contribution in [0.2, 0.25) is 0 Å². The van der Waals surface area contributed by atoms with Crippen LogP contribution in [0.25, 0.3) is 10.4 Å². The van der Waals surface area contributed by atoms with Gasteiger partial charge in [0.15, 0.2) is 5.75 Å². The molecule has 29 heavy (non-hydrogen) atoms. The van der Waals surface area contributed by atoms with Crippen molar-refractivity contribution in [3.8, 4) is 16.2 Å². The lowest BCUT2D eigenvalue weighted by Gasteiger charge is -2.32. The number of primary amides is 2. The average molecular weight is 420 g/mol. The first-order valence-electron chi connectivity index (χ1n) is 9.04. The van der Waals surface area contributed by atoms with Gasteiger partial charge < -0.3 is 25.7 Å². The first kappa shape index (κ1) is 21.1. The second-order valence-electron chi connectivity index (χ2n) is 6.59. The number of rotatable bonds is 7. The van der Waals surface area contributed by atoms with Crippen molar-refractivity contribution in [2.24, 2.45) is 11.5 Å². The Balaban J connectivity index is 1.70. The first-order chi connectivity index (χ1) is 13.9. The Morgan fingerprint density at radius 1 is 1.31 bits per heavy atom. The van der Waals surface area contributed by atoms with Gasteiger partial charge in [-0.3, -0.25) is 10.2 Å². The standard InChI is InChI=1S/C19H24N4O5S/c1-26-11-14-10-23(6-7-27-14)9-12-2-4-13(5-3-12)16-8-15(28-19(21)25)17(29-16)22-18(20)24/h2-5,8,14H,6-7,9-11H2,1H3,(H2,21,25)(H3,20,22,24). The molecular weight excluding hydrogens is 396 g/mol. The summed E-state index contributed by atoms with van der Waals surface area (Å²) in [6, 6.07) is 8.96. The maximum atomic E-state index is 11.2. The van der Waals surface area contributed by atoms with Crippen LogP contribution in [0, 0.1) is 0 Å². The summed E-state index contributed by atoms with van der Waals surface area (Å²) in [5.74, 6) is 0.165. The Morgan fingerprint density at radius 3 is 2.72 bits per heavy atom. The summed E-state index contributed by atoms with van der Waals surface area (Å²) in [6.45, 7) is 3.81. The van der Waals surface area contributed by atoms with Crippen molar-refractivity contribution in [3.05, 3.63) is 35.9 Å². The minimum Gasteiger partial charge on any atom is -0.407 e. The molecule has 3 rings (SSSR count). The van der Waals surface area contributed by atoms with Crippen LogP contribution in [0.5, 0.6) is 5.75 Å². The quantitative estimate of drug-likeness (QED) is 0.630. The van der Waals surface area contributed by atoms with Crippen molar-refractivity contribution >= 4 is 28.5 Å². The summed E-state index contributed by atoms with van der Waals surface area (Å²) >= 11 is 1.24. The van der Waals surface area contributed by atoms with Gasteiger partial charge in [0, 0.05) is 37.7 Å². The monoisotopic (exact) mass is 420 g/mol. The van der Waals surface area contributed by atoms with Gasteiger partial charge in [0.2, 0.25) is 0 Å². The van der Waals surface area contributed by atoms with Crippen molar-refractivity contribution in [2.45, 2.75) is 12.6 Å². The van der Waals surface area contributed by atoms with E-state index in [0.717, 1.165) is 30.1 Å². The molecule has 0 aliphatic carbocycles. The minimum atomic E-state index is -0.963. The predicted octanol–water partition coefficient (Wildman–Crippen LogP) is 2.21. The van der Waals surface area contributed by atoms with Crippen LogP contribution in [0.4, 0.5) is 14.6 Å². The number of hydrogen-bond acceptors (Lipinski definition) is 7. The number of urea groups is 1. The Hall–Kier alpha value is -2.66. The number of nitrogens with two attached hydrogens (primary N) is 2. The van der Waals surface area contributed by atoms with Crippen molar-refractivity contribution in [1.29, 1.82) is 0 Å². The molecule has 0 bridgehead atoms. The molecule has 1 unspecified atom stereocenters. The van der Waals surface area contributed by atoms with Crippen LogP contribution in [0.3, 0.4) is 0 Å². The van der Waals surface area contributed by atoms with E-state index in [-0.39, 0.29) is 11.9 Å². The molecule has 1 aliphatic heterocycles. The fraction of sp³-hybridized carbons (Fsp3) is 0.368. The third kappa shape index (κ3) is 5.91. The second kappa shape index (κ2) is 9.70. The van der Waals surface area contributed by atoms with Gasteiger partial charge in [-0.2, -0.15) is 0 Å². The molecule has 1 saturated heterocycles. The zero-order valence-electron chi connectivity index (χ0n) is 16.1. The van der Waals surface area contributed by atoms with Gasteiger partial charge in [-0.1, -0.05) is 24.3 Å². The molecule has 1 aliphatic rings. The molecule has 1 aromatic heterocycles. The normalized spacial score (nSPS) is 17.1. The Morgan fingerprint density at radius 2 is 2.07 bits per heavy atom. The van der Waals surface area contributed by atoms with Gasteiger partial charge in [-0.25, -0.2) is 9.59 Å². The van der Waals surface area contributed by atoms with E-state index in [0.29, 0.717) is 18.2 Å². The van der Waals surface area contributed by atoms with E-state index >= 15 is 0 Å². The molecule has 9 nitrogen and oxygen atoms in total. The molecule has 156 valence electrons. The van der Waals surface area contributed by atoms with Gasteiger partial charge >= 0.3 is 12.1 Å². The van der Waals surface area contributed by atoms with Crippen molar-refractivity contribution in [1.82, 2.24) is 4.90 Å². The van der Waals surface area contributed by atoms with Gasteiger partial charge in [0.1, 0.15) is 5.00 Å². The summed E-state index contributed by atoms with van der Waals surface area (Å²) in [5.41, 5.74) is 12.4. The molecule has 2 aromatic rings. The average Bonchev–Trinajstić information content (AvgIpc) is 3.04. The molecule has 0 saturated carbocycles. The number of carbonyl (C=O) groups is 2. The SMILES string of the molecule is COCC1CN(Cc2ccc(-c3cc(OC(N)=O)c(NC(N)=O)s3)cc2)CCO1. The highest BCUT2D eigenvalue weighted by Crippen LogP contribution is 2.40. The molecule has 0 spiro atoms. The Kier molecular flexibility index (Phi) is 7.04. The predicted molar refractivity (Wildman–Crippen MR) is 110 cm³/mol. The number of ether oxygens (including phenoxy) is 3. The summed E-state index contributed by atoms with van der Waals surface area (Å²) in [5, 5.41) is 2.77. The second-order valence-corrected chi connectivity index (χ2v) is 7.65. The molecule has 1 atom stereocenters. The van der Waals surface area contributed by atoms with E-state index in [1.54, 1.807) is 13.2 Å². The third-order valence-corrected chi connectivity index (χ3v) is 5.45. The first-order valence-corrected chi connectivity index (χ1v) is 9.86. The number of morpholine rings is 1. The molecule has 1 fully saturated rings. The van der Waals surface area contributed by atoms with Crippen molar-refractivity contribution < 1.29 is 23.8 Å². The number of anilines is 1. The molecule has 2 heterocycles. The molecular formula is C19H24N4O5S. The van der Waals surface area contributed by atoms with Crippen molar-refractivity contribution in [3.63, 3.8) is 0 Å². The highest BCUT2D eigenvalue weighted by Gasteiger charge is 2.20. The molecule has 3 amide bonds. The van der Waals surface area contributed by atoms with E-state index in [1.165, 1.54) is 16.9 Å². The third-order valence-electron chi connectivity index (χ3n) is 4.37. The fourth-order valence-corrected chi connectivity index (χ4v) is 4.14. The highest BCUT2D eigenvalue weighted by molar-refractivity contribution is 7.20. The zero-order valence-corrected chi connectivity index (χ0v) is 16.9. The van der Waals surface area contributed by atoms with Gasteiger partial charge in [0.05, 0.1) is 19.3 Å². The number of benzene rings is 1. The number of nitrogens with zero attached hydrogens (tertiary/aromatic N) is 1. The lowest BCUT2D eigenvalue weighted by Crippen LogP contribution is -2.43. The van der Waals surface area contributed by atoms with E-state index in [2.05, 4.69) is 10.2 Å². The Bertz CT molecular complexity index is 819. The summed E-state index contributed by atoms with van der Waals surface area (Å²) < 4.78 is 15.8. The van der Waals surface area contributed by atoms with E-state index < -0.39 is 12.1 Å². The molecule has 1 aromatic carbocycles. The maximum absolute atomic E-state index is 11.2. The van der Waals surface area contributed by atoms with Crippen molar-refractivity contribution in [2.75, 3.05) is 38.7 Å². The number of nitrogens with one attached hydrogen (secondary N) is 1. The zero-order chi connectivity index (χ0) is 20.8. The topological polar surface area (TPSA) is 129 Å². The van der Waals surface area contributed by atoms with Crippen LogP contribution in [-0.2, 0) is 16.0 Å². The van der Waals surface area contributed by atoms with E-state index in [9.17, 15) is 9.59 Å². The summed E-state index contributed by atoms with van der Waals surface area (Å²) in [6.07, 6.45) is -0.867. The van der Waals surface area contributed by atoms with Crippen LogP contribution in [0.1, 0.15) is 5.56 Å². The number of hydrogen-bond donors (Lipinski definition) is 3. The molecule has 5 N–H and O–H groups in total. The lowest BCUT2D eigenvalue weighted by atomic mass is 10.1. The van der Waals surface area contributed by atoms with E-state index in [4.69, 9.17) is 25.7 Å². The number of methoxy groups -OCH3 is 1. The minimum absolute atomic E-state index is 0.0963.